The number of carbonyl (C=O) groups excluding carboxylic acids is 1. The van der Waals surface area contributed by atoms with Gasteiger partial charge in [0.25, 0.3) is 5.56 Å². The van der Waals surface area contributed by atoms with Crippen LogP contribution < -0.4 is 5.56 Å². The fraction of sp³-hybridized carbons (Fsp3) is 0.581. The van der Waals surface area contributed by atoms with Crippen molar-refractivity contribution < 1.29 is 14.3 Å². The SMILES string of the molecule is Cc1cc(-c2nc3cc(CC[C@@H](CC(C)C)C(=O)OC4CCC4)ccc3n2CC2CCOCC2)c[nH]c1=O. The van der Waals surface area contributed by atoms with Gasteiger partial charge >= 0.3 is 5.97 Å². The van der Waals surface area contributed by atoms with Crippen LogP contribution in [0.4, 0.5) is 0 Å². The Kier molecular flexibility index (Phi) is 8.32. The highest BCUT2D eigenvalue weighted by Crippen LogP contribution is 2.30. The number of H-pyrrole nitrogens is 1. The van der Waals surface area contributed by atoms with Crippen LogP contribution in [-0.2, 0) is 27.2 Å². The van der Waals surface area contributed by atoms with Crippen molar-refractivity contribution in [3.63, 3.8) is 0 Å². The third kappa shape index (κ3) is 6.20. The van der Waals surface area contributed by atoms with E-state index >= 15 is 0 Å². The standard InChI is InChI=1S/C31H41N3O4/c1-20(2)15-24(31(36)38-26-5-4-6-26)9-7-22-8-10-28-27(17-22)33-29(25-16-21(3)30(35)32-18-25)34(28)19-23-11-13-37-14-12-23/h8,10,16-18,20,23-24,26H,4-7,9,11-15,19H2,1-3H3,(H,32,35)/t24-/m0/s1. The minimum Gasteiger partial charge on any atom is -0.462 e. The van der Waals surface area contributed by atoms with E-state index < -0.39 is 0 Å². The average molecular weight is 520 g/mol. The summed E-state index contributed by atoms with van der Waals surface area (Å²) in [6.45, 7) is 8.64. The van der Waals surface area contributed by atoms with Crippen molar-refractivity contribution in [3.05, 3.63) is 51.9 Å². The second kappa shape index (κ2) is 11.9. The molecule has 7 nitrogen and oxygen atoms in total. The number of imidazole rings is 1. The minimum absolute atomic E-state index is 0.0269. The number of ether oxygens (including phenoxy) is 2. The van der Waals surface area contributed by atoms with Gasteiger partial charge in [0.05, 0.1) is 17.0 Å². The summed E-state index contributed by atoms with van der Waals surface area (Å²) < 4.78 is 13.7. The van der Waals surface area contributed by atoms with Crippen molar-refractivity contribution in [2.24, 2.45) is 17.8 Å². The average Bonchev–Trinajstić information content (AvgIpc) is 3.23. The van der Waals surface area contributed by atoms with E-state index in [0.29, 0.717) is 17.4 Å². The zero-order valence-electron chi connectivity index (χ0n) is 23.0. The Morgan fingerprint density at radius 3 is 2.66 bits per heavy atom. The van der Waals surface area contributed by atoms with Crippen molar-refractivity contribution in [1.82, 2.24) is 14.5 Å². The number of fused-ring (bicyclic) bond motifs is 1. The van der Waals surface area contributed by atoms with Crippen LogP contribution in [0.1, 0.15) is 69.9 Å². The van der Waals surface area contributed by atoms with E-state index in [4.69, 9.17) is 14.5 Å². The highest BCUT2D eigenvalue weighted by molar-refractivity contribution is 5.81. The van der Waals surface area contributed by atoms with Crippen LogP contribution in [-0.4, -0.2) is 39.8 Å². The van der Waals surface area contributed by atoms with Crippen LogP contribution in [0, 0.1) is 24.7 Å². The monoisotopic (exact) mass is 519 g/mol. The first-order valence-corrected chi connectivity index (χ1v) is 14.3. The molecule has 1 saturated carbocycles. The van der Waals surface area contributed by atoms with Crippen LogP contribution in [0.15, 0.2) is 35.3 Å². The second-order valence-corrected chi connectivity index (χ2v) is 11.7. The number of aromatic amines is 1. The number of rotatable bonds is 10. The van der Waals surface area contributed by atoms with Crippen LogP contribution >= 0.6 is 0 Å². The molecule has 204 valence electrons. The summed E-state index contributed by atoms with van der Waals surface area (Å²) in [5.41, 5.74) is 4.76. The number of pyridine rings is 1. The number of nitrogens with one attached hydrogen (secondary N) is 1. The number of carbonyl (C=O) groups is 1. The van der Waals surface area contributed by atoms with E-state index in [9.17, 15) is 9.59 Å². The predicted molar refractivity (Wildman–Crippen MR) is 149 cm³/mol. The Morgan fingerprint density at radius 2 is 1.97 bits per heavy atom. The molecule has 38 heavy (non-hydrogen) atoms. The summed E-state index contributed by atoms with van der Waals surface area (Å²) in [6, 6.07) is 8.44. The maximum absolute atomic E-state index is 12.9. The second-order valence-electron chi connectivity index (χ2n) is 11.7. The number of aromatic nitrogens is 3. The van der Waals surface area contributed by atoms with Crippen LogP contribution in [0.3, 0.4) is 0 Å². The maximum Gasteiger partial charge on any atom is 0.309 e. The van der Waals surface area contributed by atoms with Gasteiger partial charge in [0, 0.05) is 37.1 Å². The molecule has 1 N–H and O–H groups in total. The van der Waals surface area contributed by atoms with Crippen molar-refractivity contribution in [2.75, 3.05) is 13.2 Å². The molecule has 5 rings (SSSR count). The van der Waals surface area contributed by atoms with Crippen molar-refractivity contribution >= 4 is 17.0 Å². The molecule has 2 fully saturated rings. The number of nitrogens with zero attached hydrogens (tertiary/aromatic N) is 2. The van der Waals surface area contributed by atoms with Crippen LogP contribution in [0.2, 0.25) is 0 Å². The van der Waals surface area contributed by atoms with Crippen molar-refractivity contribution in [1.29, 1.82) is 0 Å². The molecule has 2 aliphatic rings. The molecule has 2 aromatic heterocycles. The third-order valence-electron chi connectivity index (χ3n) is 8.15. The highest BCUT2D eigenvalue weighted by atomic mass is 16.5. The lowest BCUT2D eigenvalue weighted by molar-refractivity contribution is -0.158. The fourth-order valence-electron chi connectivity index (χ4n) is 5.64. The molecular formula is C31H41N3O4. The highest BCUT2D eigenvalue weighted by Gasteiger charge is 2.27. The van der Waals surface area contributed by atoms with E-state index in [1.807, 2.05) is 13.0 Å². The fourth-order valence-corrected chi connectivity index (χ4v) is 5.64. The molecule has 1 saturated heterocycles. The van der Waals surface area contributed by atoms with Crippen LogP contribution in [0.25, 0.3) is 22.4 Å². The minimum atomic E-state index is -0.0742. The molecule has 1 aliphatic heterocycles. The number of aryl methyl sites for hydroxylation is 2. The van der Waals surface area contributed by atoms with Crippen molar-refractivity contribution in [3.8, 4) is 11.4 Å². The Balaban J connectivity index is 1.40. The van der Waals surface area contributed by atoms with Gasteiger partial charge < -0.3 is 19.0 Å². The molecule has 1 atom stereocenters. The molecule has 3 aromatic rings. The van der Waals surface area contributed by atoms with Gasteiger partial charge in [-0.2, -0.15) is 0 Å². The van der Waals surface area contributed by atoms with E-state index in [-0.39, 0.29) is 23.6 Å². The lowest BCUT2D eigenvalue weighted by Crippen LogP contribution is -2.29. The van der Waals surface area contributed by atoms with Gasteiger partial charge in [0.15, 0.2) is 0 Å². The Hall–Kier alpha value is -2.93. The van der Waals surface area contributed by atoms with Crippen LogP contribution in [0.5, 0.6) is 0 Å². The quantitative estimate of drug-likeness (QED) is 0.341. The van der Waals surface area contributed by atoms with Crippen molar-refractivity contribution in [2.45, 2.75) is 84.8 Å². The molecule has 0 bridgehead atoms. The summed E-state index contributed by atoms with van der Waals surface area (Å²) in [5.74, 6) is 1.75. The normalized spacial score (nSPS) is 17.6. The van der Waals surface area contributed by atoms with Gasteiger partial charge in [0.2, 0.25) is 0 Å². The summed E-state index contributed by atoms with van der Waals surface area (Å²) >= 11 is 0. The maximum atomic E-state index is 12.9. The molecule has 0 radical (unpaired) electrons. The Bertz CT molecular complexity index is 1310. The summed E-state index contributed by atoms with van der Waals surface area (Å²) in [5, 5.41) is 0. The molecule has 0 amide bonds. The van der Waals surface area contributed by atoms with Gasteiger partial charge in [-0.15, -0.1) is 0 Å². The summed E-state index contributed by atoms with van der Waals surface area (Å²) in [4.78, 5) is 32.8. The molecule has 0 unspecified atom stereocenters. The first-order chi connectivity index (χ1) is 18.4. The molecule has 1 aliphatic carbocycles. The van der Waals surface area contributed by atoms with E-state index in [1.165, 1.54) is 5.56 Å². The predicted octanol–water partition coefficient (Wildman–Crippen LogP) is 5.82. The smallest absolute Gasteiger partial charge is 0.309 e. The number of hydrogen-bond donors (Lipinski definition) is 1. The molecular weight excluding hydrogens is 478 g/mol. The Labute approximate surface area is 225 Å². The Morgan fingerprint density at radius 1 is 1.18 bits per heavy atom. The number of esters is 1. The van der Waals surface area contributed by atoms with Gasteiger partial charge in [0.1, 0.15) is 11.9 Å². The van der Waals surface area contributed by atoms with Gasteiger partial charge in [-0.25, -0.2) is 4.98 Å². The zero-order chi connectivity index (χ0) is 26.6. The summed E-state index contributed by atoms with van der Waals surface area (Å²) in [6.07, 6.45) is 9.58. The molecule has 0 spiro atoms. The molecule has 1 aromatic carbocycles. The van der Waals surface area contributed by atoms with Gasteiger partial charge in [-0.05, 0) is 93.9 Å². The van der Waals surface area contributed by atoms with E-state index in [2.05, 4.69) is 41.6 Å². The lowest BCUT2D eigenvalue weighted by Gasteiger charge is -2.28. The first-order valence-electron chi connectivity index (χ1n) is 14.3. The van der Waals surface area contributed by atoms with E-state index in [1.54, 1.807) is 6.20 Å². The largest absolute Gasteiger partial charge is 0.462 e. The zero-order valence-corrected chi connectivity index (χ0v) is 23.0. The van der Waals surface area contributed by atoms with Gasteiger partial charge in [-0.1, -0.05) is 19.9 Å². The number of hydrogen-bond acceptors (Lipinski definition) is 5. The number of benzene rings is 1. The first kappa shape index (κ1) is 26.7. The molecule has 3 heterocycles. The third-order valence-corrected chi connectivity index (χ3v) is 8.15. The lowest BCUT2D eigenvalue weighted by atomic mass is 9.90. The van der Waals surface area contributed by atoms with Gasteiger partial charge in [-0.3, -0.25) is 9.59 Å². The summed E-state index contributed by atoms with van der Waals surface area (Å²) in [7, 11) is 0. The topological polar surface area (TPSA) is 86.2 Å². The van der Waals surface area contributed by atoms with E-state index in [0.717, 1.165) is 93.5 Å². The molecule has 7 heteroatoms.